The summed E-state index contributed by atoms with van der Waals surface area (Å²) in [5.41, 5.74) is -0.450. The quantitative estimate of drug-likeness (QED) is 0.353. The minimum absolute atomic E-state index is 0.0373. The average Bonchev–Trinajstić information content (AvgIpc) is 3.54. The summed E-state index contributed by atoms with van der Waals surface area (Å²) in [6.07, 6.45) is 0.428. The summed E-state index contributed by atoms with van der Waals surface area (Å²) < 4.78 is 21.5. The zero-order valence-electron chi connectivity index (χ0n) is 25.1. The average molecular weight is 657 g/mol. The molecular weight excluding hydrogens is 624 g/mol. The Labute approximate surface area is 269 Å². The van der Waals surface area contributed by atoms with Crippen molar-refractivity contribution in [3.63, 3.8) is 0 Å². The monoisotopic (exact) mass is 655 g/mol. The Bertz CT molecular complexity index is 1750. The van der Waals surface area contributed by atoms with Crippen LogP contribution in [0.4, 0.5) is 15.8 Å². The minimum atomic E-state index is -1.49. The van der Waals surface area contributed by atoms with Gasteiger partial charge in [0.2, 0.25) is 11.8 Å². The van der Waals surface area contributed by atoms with Crippen LogP contribution in [0.2, 0.25) is 10.0 Å². The number of rotatable bonds is 6. The Morgan fingerprint density at radius 2 is 1.84 bits per heavy atom. The lowest BCUT2D eigenvalue weighted by atomic mass is 9.62. The molecule has 3 aliphatic heterocycles. The second-order valence-electron chi connectivity index (χ2n) is 12.9. The number of anilines is 2. The maximum absolute atomic E-state index is 16.2. The van der Waals surface area contributed by atoms with Crippen LogP contribution in [-0.4, -0.2) is 65.5 Å². The number of hydrogen-bond donors (Lipinski definition) is 2. The Hall–Kier alpha value is -3.70. The van der Waals surface area contributed by atoms with Crippen LogP contribution in [0.1, 0.15) is 54.6 Å². The lowest BCUT2D eigenvalue weighted by Crippen LogP contribution is -2.54. The number of carboxylic acids is 1. The normalized spacial score (nSPS) is 24.5. The number of halogens is 3. The van der Waals surface area contributed by atoms with Crippen LogP contribution in [0, 0.1) is 11.2 Å². The molecule has 4 atom stereocenters. The molecule has 45 heavy (non-hydrogen) atoms. The number of nitrogens with zero attached hydrogens (tertiary/aromatic N) is 3. The maximum Gasteiger partial charge on any atom is 0.339 e. The number of aliphatic hydroxyl groups is 1. The van der Waals surface area contributed by atoms with Gasteiger partial charge >= 0.3 is 5.97 Å². The summed E-state index contributed by atoms with van der Waals surface area (Å²) in [7, 11) is 1.35. The number of aromatic carboxylic acids is 1. The van der Waals surface area contributed by atoms with Crippen LogP contribution in [-0.2, 0) is 15.0 Å². The molecule has 0 aromatic heterocycles. The summed E-state index contributed by atoms with van der Waals surface area (Å²) in [4.78, 5) is 45.9. The SMILES string of the molecule is COc1cc(N2CN3C(CC(C)(C)C)[C@@]4(C(=O)N(CO)c5cc(Cl)ccc54)C(c4cccc(Cl)c4F)[C@@H]3C2=O)ccc1C(=O)O. The van der Waals surface area contributed by atoms with Crippen LogP contribution in [0.25, 0.3) is 0 Å². The van der Waals surface area contributed by atoms with Crippen LogP contribution >= 0.6 is 23.2 Å². The predicted molar refractivity (Wildman–Crippen MR) is 168 cm³/mol. The molecule has 1 spiro atoms. The Balaban J connectivity index is 1.62. The van der Waals surface area contributed by atoms with Gasteiger partial charge in [0.25, 0.3) is 0 Å². The highest BCUT2D eigenvalue weighted by Gasteiger charge is 2.72. The van der Waals surface area contributed by atoms with Crippen LogP contribution in [0.3, 0.4) is 0 Å². The van der Waals surface area contributed by atoms with E-state index < -0.39 is 53.7 Å². The summed E-state index contributed by atoms with van der Waals surface area (Å²) in [6, 6.07) is 12.3. The zero-order valence-corrected chi connectivity index (χ0v) is 26.6. The highest BCUT2D eigenvalue weighted by molar-refractivity contribution is 6.31. The molecule has 2 amide bonds. The van der Waals surface area contributed by atoms with Gasteiger partial charge in [-0.2, -0.15) is 0 Å². The van der Waals surface area contributed by atoms with E-state index in [1.807, 2.05) is 25.7 Å². The molecule has 9 nitrogen and oxygen atoms in total. The van der Waals surface area contributed by atoms with E-state index >= 15 is 4.39 Å². The summed E-state index contributed by atoms with van der Waals surface area (Å²) >= 11 is 12.7. The van der Waals surface area contributed by atoms with Gasteiger partial charge in [0, 0.05) is 28.7 Å². The van der Waals surface area contributed by atoms with E-state index in [9.17, 15) is 24.6 Å². The number of methoxy groups -OCH3 is 1. The van der Waals surface area contributed by atoms with Crippen molar-refractivity contribution < 1.29 is 33.7 Å². The van der Waals surface area contributed by atoms with E-state index in [1.165, 1.54) is 41.2 Å². The van der Waals surface area contributed by atoms with Crippen molar-refractivity contribution in [2.24, 2.45) is 5.41 Å². The Morgan fingerprint density at radius 3 is 2.49 bits per heavy atom. The van der Waals surface area contributed by atoms with E-state index in [-0.39, 0.29) is 34.0 Å². The van der Waals surface area contributed by atoms with Crippen molar-refractivity contribution in [3.05, 3.63) is 87.2 Å². The van der Waals surface area contributed by atoms with E-state index in [0.717, 1.165) is 0 Å². The van der Waals surface area contributed by atoms with Crippen molar-refractivity contribution in [1.82, 2.24) is 4.90 Å². The molecule has 0 radical (unpaired) electrons. The van der Waals surface area contributed by atoms with Crippen molar-refractivity contribution >= 4 is 52.4 Å². The van der Waals surface area contributed by atoms with Crippen molar-refractivity contribution in [1.29, 1.82) is 0 Å². The number of ether oxygens (including phenoxy) is 1. The molecule has 0 bridgehead atoms. The third-order valence-electron chi connectivity index (χ3n) is 9.20. The topological polar surface area (TPSA) is 111 Å². The van der Waals surface area contributed by atoms with Gasteiger partial charge in [0.05, 0.1) is 30.5 Å². The van der Waals surface area contributed by atoms with Gasteiger partial charge in [-0.05, 0) is 53.3 Å². The van der Waals surface area contributed by atoms with Gasteiger partial charge in [0.1, 0.15) is 29.3 Å². The van der Waals surface area contributed by atoms with Crippen molar-refractivity contribution in [3.8, 4) is 5.75 Å². The molecule has 2 saturated heterocycles. The highest BCUT2D eigenvalue weighted by Crippen LogP contribution is 2.63. The number of carbonyl (C=O) groups excluding carboxylic acids is 2. The third kappa shape index (κ3) is 4.61. The largest absolute Gasteiger partial charge is 0.496 e. The van der Waals surface area contributed by atoms with Crippen LogP contribution in [0.5, 0.6) is 5.75 Å². The van der Waals surface area contributed by atoms with Crippen molar-refractivity contribution in [2.45, 2.75) is 50.6 Å². The van der Waals surface area contributed by atoms with Crippen LogP contribution < -0.4 is 14.5 Å². The molecule has 3 aliphatic rings. The van der Waals surface area contributed by atoms with Gasteiger partial charge < -0.3 is 14.9 Å². The molecule has 236 valence electrons. The first-order valence-corrected chi connectivity index (χ1v) is 15.2. The zero-order chi connectivity index (χ0) is 32.6. The molecule has 3 heterocycles. The second-order valence-corrected chi connectivity index (χ2v) is 13.7. The second kappa shape index (κ2) is 11.0. The van der Waals surface area contributed by atoms with Gasteiger partial charge in [-0.3, -0.25) is 24.3 Å². The smallest absolute Gasteiger partial charge is 0.339 e. The molecule has 6 rings (SSSR count). The Kier molecular flexibility index (Phi) is 7.63. The lowest BCUT2D eigenvalue weighted by Gasteiger charge is -2.41. The number of hydrogen-bond acceptors (Lipinski definition) is 6. The number of carboxylic acid groups (broad SMARTS) is 1. The highest BCUT2D eigenvalue weighted by atomic mass is 35.5. The van der Waals surface area contributed by atoms with Gasteiger partial charge in [-0.25, -0.2) is 9.18 Å². The third-order valence-corrected chi connectivity index (χ3v) is 9.73. The summed E-state index contributed by atoms with van der Waals surface area (Å²) in [5.74, 6) is -3.74. The molecule has 2 N–H and O–H groups in total. The molecule has 12 heteroatoms. The van der Waals surface area contributed by atoms with Gasteiger partial charge in [-0.1, -0.05) is 62.2 Å². The predicted octanol–water partition coefficient (Wildman–Crippen LogP) is 5.65. The number of benzene rings is 3. The van der Waals surface area contributed by atoms with Gasteiger partial charge in [0.15, 0.2) is 0 Å². The van der Waals surface area contributed by atoms with Crippen LogP contribution in [0.15, 0.2) is 54.6 Å². The van der Waals surface area contributed by atoms with Crippen molar-refractivity contribution in [2.75, 3.05) is 30.3 Å². The first kappa shape index (κ1) is 31.3. The molecule has 3 aromatic rings. The number of carbonyl (C=O) groups is 3. The van der Waals surface area contributed by atoms with E-state index in [1.54, 1.807) is 30.3 Å². The molecule has 2 fully saturated rings. The first-order valence-electron chi connectivity index (χ1n) is 14.4. The fraction of sp³-hybridized carbons (Fsp3) is 0.364. The lowest BCUT2D eigenvalue weighted by molar-refractivity contribution is -0.125. The number of fused-ring (bicyclic) bond motifs is 3. The van der Waals surface area contributed by atoms with Gasteiger partial charge in [-0.15, -0.1) is 0 Å². The molecule has 0 saturated carbocycles. The Morgan fingerprint density at radius 1 is 1.11 bits per heavy atom. The molecule has 3 aromatic carbocycles. The fourth-order valence-electron chi connectivity index (χ4n) is 7.52. The first-order chi connectivity index (χ1) is 21.3. The molecular formula is C33H32Cl2FN3O6. The summed E-state index contributed by atoms with van der Waals surface area (Å²) in [6.45, 7) is 5.48. The van der Waals surface area contributed by atoms with E-state index in [4.69, 9.17) is 27.9 Å². The fourth-order valence-corrected chi connectivity index (χ4v) is 7.87. The number of amides is 2. The number of aliphatic hydroxyl groups excluding tert-OH is 1. The minimum Gasteiger partial charge on any atom is -0.496 e. The standard InChI is InChI=1S/C33H32Cl2FN3O6/c1-32(2,3)14-25-33(21-11-8-17(34)12-23(21)39(16-40)31(33)44)26(20-6-5-7-22(35)27(20)36)28-29(41)37(15-38(25)28)18-9-10-19(30(42)43)24(13-18)45-4/h5-13,25-26,28,40H,14-16H2,1-4H3,(H,42,43)/t25?,26?,28-,33-/m1/s1. The molecule has 0 aliphatic carbocycles. The van der Waals surface area contributed by atoms with E-state index in [0.29, 0.717) is 28.4 Å². The maximum atomic E-state index is 16.2. The molecule has 2 unspecified atom stereocenters. The summed E-state index contributed by atoms with van der Waals surface area (Å²) in [5, 5.41) is 20.3. The van der Waals surface area contributed by atoms with E-state index in [2.05, 4.69) is 0 Å².